The van der Waals surface area contributed by atoms with E-state index in [9.17, 15) is 0 Å². The Labute approximate surface area is 138 Å². The molecule has 1 aromatic heterocycles. The Kier molecular flexibility index (Phi) is 5.25. The molecule has 0 atom stereocenters. The molecule has 21 heavy (non-hydrogen) atoms. The normalized spacial score (nSPS) is 11.5. The van der Waals surface area contributed by atoms with Crippen molar-refractivity contribution in [1.82, 2.24) is 10.3 Å². The number of ether oxygens (including phenoxy) is 1. The van der Waals surface area contributed by atoms with E-state index in [4.69, 9.17) is 16.3 Å². The van der Waals surface area contributed by atoms with Gasteiger partial charge in [-0.05, 0) is 45.0 Å². The predicted molar refractivity (Wildman–Crippen MR) is 90.1 cm³/mol. The first-order valence-corrected chi connectivity index (χ1v) is 7.84. The summed E-state index contributed by atoms with van der Waals surface area (Å²) in [6, 6.07) is 11.2. The molecular formula is C16H18BrClN2O. The van der Waals surface area contributed by atoms with Crippen molar-refractivity contribution in [3.8, 4) is 11.6 Å². The zero-order chi connectivity index (χ0) is 15.5. The zero-order valence-electron chi connectivity index (χ0n) is 12.3. The summed E-state index contributed by atoms with van der Waals surface area (Å²) < 4.78 is 6.67. The first kappa shape index (κ1) is 16.3. The molecule has 0 radical (unpaired) electrons. The fourth-order valence-electron chi connectivity index (χ4n) is 1.64. The van der Waals surface area contributed by atoms with Gasteiger partial charge in [-0.15, -0.1) is 0 Å². The van der Waals surface area contributed by atoms with E-state index in [0.29, 0.717) is 23.2 Å². The molecule has 0 unspecified atom stereocenters. The van der Waals surface area contributed by atoms with E-state index in [1.54, 1.807) is 6.07 Å². The van der Waals surface area contributed by atoms with Crippen LogP contribution in [0.25, 0.3) is 0 Å². The summed E-state index contributed by atoms with van der Waals surface area (Å²) >= 11 is 9.52. The Morgan fingerprint density at radius 3 is 2.71 bits per heavy atom. The van der Waals surface area contributed by atoms with Crippen molar-refractivity contribution in [3.63, 3.8) is 0 Å². The first-order valence-electron chi connectivity index (χ1n) is 6.67. The maximum Gasteiger partial charge on any atom is 0.219 e. The van der Waals surface area contributed by atoms with Crippen LogP contribution in [0.4, 0.5) is 0 Å². The predicted octanol–water partition coefficient (Wildman–Crippen LogP) is 5.18. The van der Waals surface area contributed by atoms with Crippen molar-refractivity contribution < 1.29 is 4.74 Å². The Bertz CT molecular complexity index is 626. The number of pyridine rings is 1. The van der Waals surface area contributed by atoms with E-state index in [0.717, 1.165) is 10.2 Å². The van der Waals surface area contributed by atoms with Crippen LogP contribution in [-0.2, 0) is 6.54 Å². The van der Waals surface area contributed by atoms with Crippen molar-refractivity contribution in [2.24, 2.45) is 0 Å². The highest BCUT2D eigenvalue weighted by Gasteiger charge is 2.10. The molecule has 0 bridgehead atoms. The van der Waals surface area contributed by atoms with Crippen LogP contribution in [0.2, 0.25) is 5.02 Å². The number of benzene rings is 1. The molecule has 1 aromatic carbocycles. The quantitative estimate of drug-likeness (QED) is 0.806. The molecule has 1 heterocycles. The number of hydrogen-bond donors (Lipinski definition) is 1. The Morgan fingerprint density at radius 1 is 1.24 bits per heavy atom. The molecule has 0 fully saturated rings. The van der Waals surface area contributed by atoms with Gasteiger partial charge in [0.25, 0.3) is 0 Å². The first-order chi connectivity index (χ1) is 9.83. The van der Waals surface area contributed by atoms with Gasteiger partial charge in [0.2, 0.25) is 5.88 Å². The Morgan fingerprint density at radius 2 is 2.00 bits per heavy atom. The number of aromatic nitrogens is 1. The molecule has 3 nitrogen and oxygen atoms in total. The molecule has 0 aliphatic heterocycles. The highest BCUT2D eigenvalue weighted by molar-refractivity contribution is 9.10. The van der Waals surface area contributed by atoms with Crippen molar-refractivity contribution in [1.29, 1.82) is 0 Å². The second-order valence-corrected chi connectivity index (χ2v) is 7.07. The van der Waals surface area contributed by atoms with Crippen molar-refractivity contribution in [2.45, 2.75) is 32.9 Å². The van der Waals surface area contributed by atoms with Crippen LogP contribution in [-0.4, -0.2) is 10.5 Å². The van der Waals surface area contributed by atoms with Gasteiger partial charge >= 0.3 is 0 Å². The molecule has 0 aliphatic rings. The summed E-state index contributed by atoms with van der Waals surface area (Å²) in [5.74, 6) is 1.11. The molecular weight excluding hydrogens is 352 g/mol. The summed E-state index contributed by atoms with van der Waals surface area (Å²) in [5.41, 5.74) is 0.972. The third-order valence-electron chi connectivity index (χ3n) is 2.69. The second kappa shape index (κ2) is 6.77. The van der Waals surface area contributed by atoms with Gasteiger partial charge in [0.15, 0.2) is 0 Å². The number of hydrogen-bond acceptors (Lipinski definition) is 3. The molecule has 0 saturated heterocycles. The van der Waals surface area contributed by atoms with Crippen molar-refractivity contribution in [3.05, 3.63) is 51.6 Å². The van der Waals surface area contributed by atoms with Crippen LogP contribution in [0.1, 0.15) is 26.5 Å². The average Bonchev–Trinajstić information content (AvgIpc) is 2.40. The van der Waals surface area contributed by atoms with Crippen molar-refractivity contribution in [2.75, 3.05) is 0 Å². The van der Waals surface area contributed by atoms with Gasteiger partial charge in [-0.2, -0.15) is 0 Å². The van der Waals surface area contributed by atoms with E-state index in [1.165, 1.54) is 0 Å². The summed E-state index contributed by atoms with van der Waals surface area (Å²) in [5, 5.41) is 3.95. The van der Waals surface area contributed by atoms with Gasteiger partial charge in [0.1, 0.15) is 5.75 Å². The van der Waals surface area contributed by atoms with Gasteiger partial charge < -0.3 is 10.1 Å². The lowest BCUT2D eigenvalue weighted by Gasteiger charge is -2.20. The summed E-state index contributed by atoms with van der Waals surface area (Å²) in [6.45, 7) is 7.05. The second-order valence-electron chi connectivity index (χ2n) is 5.75. The zero-order valence-corrected chi connectivity index (χ0v) is 14.6. The van der Waals surface area contributed by atoms with Crippen molar-refractivity contribution >= 4 is 27.5 Å². The third-order valence-corrected chi connectivity index (χ3v) is 3.49. The largest absolute Gasteiger partial charge is 0.437 e. The highest BCUT2D eigenvalue weighted by Crippen LogP contribution is 2.31. The molecule has 0 spiro atoms. The van der Waals surface area contributed by atoms with E-state index < -0.39 is 0 Å². The molecule has 0 aliphatic carbocycles. The fourth-order valence-corrected chi connectivity index (χ4v) is 2.13. The molecule has 0 saturated carbocycles. The van der Waals surface area contributed by atoms with Crippen LogP contribution in [0.3, 0.4) is 0 Å². The molecule has 112 valence electrons. The van der Waals surface area contributed by atoms with Crippen LogP contribution in [0.5, 0.6) is 11.6 Å². The number of rotatable bonds is 4. The average molecular weight is 370 g/mol. The minimum absolute atomic E-state index is 0.0478. The maximum atomic E-state index is 6.12. The van der Waals surface area contributed by atoms with E-state index in [1.807, 2.05) is 30.3 Å². The van der Waals surface area contributed by atoms with Crippen LogP contribution in [0, 0.1) is 0 Å². The Hall–Kier alpha value is -1.10. The number of nitrogens with zero attached hydrogens (tertiary/aromatic N) is 1. The molecule has 2 aromatic rings. The summed E-state index contributed by atoms with van der Waals surface area (Å²) in [6.07, 6.45) is 0. The van der Waals surface area contributed by atoms with Crippen LogP contribution < -0.4 is 10.1 Å². The van der Waals surface area contributed by atoms with Crippen LogP contribution >= 0.6 is 27.5 Å². The molecule has 5 heteroatoms. The van der Waals surface area contributed by atoms with Gasteiger partial charge in [0.05, 0.1) is 10.7 Å². The molecule has 2 rings (SSSR count). The van der Waals surface area contributed by atoms with E-state index in [2.05, 4.69) is 47.0 Å². The molecule has 0 amide bonds. The highest BCUT2D eigenvalue weighted by atomic mass is 79.9. The summed E-state index contributed by atoms with van der Waals surface area (Å²) in [4.78, 5) is 4.48. The standard InChI is InChI=1S/C16H18BrClN2O/c1-16(2,3)19-10-12-5-4-6-15(20-12)21-14-9-11(17)7-8-13(14)18/h4-9,19H,10H2,1-3H3. The van der Waals surface area contributed by atoms with Crippen LogP contribution in [0.15, 0.2) is 40.9 Å². The SMILES string of the molecule is CC(C)(C)NCc1cccc(Oc2cc(Br)ccc2Cl)n1. The van der Waals surface area contributed by atoms with Gasteiger partial charge in [-0.1, -0.05) is 33.6 Å². The minimum atomic E-state index is 0.0478. The van der Waals surface area contributed by atoms with Gasteiger partial charge in [-0.25, -0.2) is 4.98 Å². The molecule has 1 N–H and O–H groups in total. The van der Waals surface area contributed by atoms with Gasteiger partial charge in [0, 0.05) is 22.6 Å². The fraction of sp³-hybridized carbons (Fsp3) is 0.312. The van der Waals surface area contributed by atoms with E-state index in [-0.39, 0.29) is 5.54 Å². The lowest BCUT2D eigenvalue weighted by Crippen LogP contribution is -2.35. The third kappa shape index (κ3) is 5.30. The van der Waals surface area contributed by atoms with E-state index >= 15 is 0 Å². The number of nitrogens with one attached hydrogen (secondary N) is 1. The maximum absolute atomic E-state index is 6.12. The lowest BCUT2D eigenvalue weighted by atomic mass is 10.1. The minimum Gasteiger partial charge on any atom is -0.437 e. The van der Waals surface area contributed by atoms with Gasteiger partial charge in [-0.3, -0.25) is 0 Å². The smallest absolute Gasteiger partial charge is 0.219 e. The topological polar surface area (TPSA) is 34.1 Å². The monoisotopic (exact) mass is 368 g/mol. The number of halogens is 2. The Balaban J connectivity index is 2.12. The lowest BCUT2D eigenvalue weighted by molar-refractivity contribution is 0.416. The summed E-state index contributed by atoms with van der Waals surface area (Å²) in [7, 11) is 0.